The second kappa shape index (κ2) is 5.95. The maximum Gasteiger partial charge on any atom is 0.478 e. The Balaban J connectivity index is 2.21. The summed E-state index contributed by atoms with van der Waals surface area (Å²) in [5.74, 6) is 0.462. The lowest BCUT2D eigenvalue weighted by molar-refractivity contribution is -0.114. The lowest BCUT2D eigenvalue weighted by atomic mass is 9.91. The second-order valence-corrected chi connectivity index (χ2v) is 7.00. The third-order valence-corrected chi connectivity index (χ3v) is 4.81. The fourth-order valence-corrected chi connectivity index (χ4v) is 3.06. The van der Waals surface area contributed by atoms with Crippen LogP contribution in [-0.2, 0) is 4.79 Å². The minimum Gasteiger partial charge on any atom is -0.493 e. The van der Waals surface area contributed by atoms with Crippen molar-refractivity contribution in [2.75, 3.05) is 6.61 Å². The van der Waals surface area contributed by atoms with Crippen LogP contribution in [0.3, 0.4) is 0 Å². The molecule has 8 heteroatoms. The maximum atomic E-state index is 11.5. The molecule has 0 amide bonds. The van der Waals surface area contributed by atoms with E-state index in [-0.39, 0.29) is 12.3 Å². The molecule has 0 aromatic heterocycles. The fourth-order valence-electron chi connectivity index (χ4n) is 2.04. The van der Waals surface area contributed by atoms with Gasteiger partial charge in [0.25, 0.3) is 0 Å². The van der Waals surface area contributed by atoms with Crippen LogP contribution in [0, 0.1) is 0 Å². The van der Waals surface area contributed by atoms with Gasteiger partial charge in [0, 0.05) is 10.8 Å². The molecule has 104 valence electrons. The standard InChI is InChI=1S/C11H13ClO5PS/c12-19-8-1-2-9-7(3-4-17-10(9)6-8)5-11(13)18(14,15)16/h1-2,6-7,14-16H,3-5H2/q+1. The summed E-state index contributed by atoms with van der Waals surface area (Å²) in [5, 5.41) is 0. The van der Waals surface area contributed by atoms with Gasteiger partial charge in [-0.25, -0.2) is 4.79 Å². The van der Waals surface area contributed by atoms with Crippen LogP contribution in [0.2, 0.25) is 0 Å². The Morgan fingerprint density at radius 2 is 2.21 bits per heavy atom. The van der Waals surface area contributed by atoms with E-state index in [0.717, 1.165) is 21.4 Å². The zero-order valence-corrected chi connectivity index (χ0v) is 12.3. The van der Waals surface area contributed by atoms with Crippen LogP contribution in [-0.4, -0.2) is 26.8 Å². The van der Waals surface area contributed by atoms with E-state index in [2.05, 4.69) is 0 Å². The van der Waals surface area contributed by atoms with Crippen molar-refractivity contribution in [3.63, 3.8) is 0 Å². The van der Waals surface area contributed by atoms with Gasteiger partial charge in [-0.2, -0.15) is 14.7 Å². The first-order chi connectivity index (χ1) is 8.91. The van der Waals surface area contributed by atoms with E-state index in [9.17, 15) is 4.79 Å². The minimum atomic E-state index is -4.41. The molecule has 1 heterocycles. The van der Waals surface area contributed by atoms with E-state index < -0.39 is 13.5 Å². The number of hydrogen-bond donors (Lipinski definition) is 3. The predicted octanol–water partition coefficient (Wildman–Crippen LogP) is 2.45. The molecule has 1 aliphatic rings. The summed E-state index contributed by atoms with van der Waals surface area (Å²) >= 11 is 0. The Bertz CT molecular complexity index is 490. The molecule has 1 aromatic carbocycles. The van der Waals surface area contributed by atoms with Crippen molar-refractivity contribution in [1.29, 1.82) is 0 Å². The number of ether oxygens (including phenoxy) is 1. The van der Waals surface area contributed by atoms with Crippen molar-refractivity contribution in [2.45, 2.75) is 23.7 Å². The average molecular weight is 324 g/mol. The zero-order valence-electron chi connectivity index (χ0n) is 9.82. The average Bonchev–Trinajstić information content (AvgIpc) is 2.37. The van der Waals surface area contributed by atoms with Crippen molar-refractivity contribution in [2.24, 2.45) is 0 Å². The molecule has 19 heavy (non-hydrogen) atoms. The molecule has 1 unspecified atom stereocenters. The van der Waals surface area contributed by atoms with E-state index in [1.165, 1.54) is 0 Å². The molecule has 1 aromatic rings. The molecular weight excluding hydrogens is 311 g/mol. The van der Waals surface area contributed by atoms with E-state index in [0.29, 0.717) is 18.8 Å². The van der Waals surface area contributed by atoms with E-state index in [1.54, 1.807) is 6.07 Å². The highest BCUT2D eigenvalue weighted by Gasteiger charge is 2.44. The fraction of sp³-hybridized carbons (Fsp3) is 0.364. The molecule has 5 nitrogen and oxygen atoms in total. The lowest BCUT2D eigenvalue weighted by Crippen LogP contribution is -2.18. The van der Waals surface area contributed by atoms with Crippen molar-refractivity contribution in [1.82, 2.24) is 0 Å². The molecule has 0 spiro atoms. The summed E-state index contributed by atoms with van der Waals surface area (Å²) in [7, 11) is 2.33. The Hall–Kier alpha value is -0.360. The van der Waals surface area contributed by atoms with Crippen molar-refractivity contribution in [3.8, 4) is 5.75 Å². The first-order valence-electron chi connectivity index (χ1n) is 5.58. The van der Waals surface area contributed by atoms with Crippen LogP contribution >= 0.6 is 29.6 Å². The quantitative estimate of drug-likeness (QED) is 0.738. The van der Waals surface area contributed by atoms with E-state index >= 15 is 0 Å². The van der Waals surface area contributed by atoms with Gasteiger partial charge in [0.1, 0.15) is 5.75 Å². The van der Waals surface area contributed by atoms with Gasteiger partial charge in [-0.3, -0.25) is 0 Å². The Morgan fingerprint density at radius 3 is 2.84 bits per heavy atom. The summed E-state index contributed by atoms with van der Waals surface area (Å²) in [6.07, 6.45) is 0.479. The van der Waals surface area contributed by atoms with Gasteiger partial charge >= 0.3 is 13.5 Å². The molecule has 2 rings (SSSR count). The first-order valence-corrected chi connectivity index (χ1v) is 8.87. The highest BCUT2D eigenvalue weighted by atomic mass is 35.7. The number of hydrogen-bond acceptors (Lipinski definition) is 6. The minimum absolute atomic E-state index is 0.110. The monoisotopic (exact) mass is 323 g/mol. The van der Waals surface area contributed by atoms with Crippen LogP contribution in [0.1, 0.15) is 24.3 Å². The van der Waals surface area contributed by atoms with Crippen molar-refractivity contribution in [3.05, 3.63) is 23.8 Å². The number of rotatable bonds is 4. The SMILES string of the molecule is O=C(CC1CCOc2cc(SCl)ccc21)[P+](O)(O)O. The normalized spacial score (nSPS) is 18.6. The highest BCUT2D eigenvalue weighted by molar-refractivity contribution is 8.21. The zero-order chi connectivity index (χ0) is 14.0. The Morgan fingerprint density at radius 1 is 1.47 bits per heavy atom. The molecule has 0 saturated carbocycles. The van der Waals surface area contributed by atoms with Gasteiger partial charge in [0.15, 0.2) is 0 Å². The van der Waals surface area contributed by atoms with E-state index in [4.69, 9.17) is 30.1 Å². The number of carbonyl (C=O) groups excluding carboxylic acids is 1. The number of fused-ring (bicyclic) bond motifs is 1. The molecule has 0 saturated heterocycles. The van der Waals surface area contributed by atoms with Gasteiger partial charge in [-0.1, -0.05) is 6.07 Å². The predicted molar refractivity (Wildman–Crippen MR) is 74.2 cm³/mol. The van der Waals surface area contributed by atoms with Crippen molar-refractivity contribution < 1.29 is 24.2 Å². The first kappa shape index (κ1) is 15.0. The van der Waals surface area contributed by atoms with E-state index in [1.807, 2.05) is 12.1 Å². The summed E-state index contributed by atoms with van der Waals surface area (Å²) in [4.78, 5) is 39.2. The van der Waals surface area contributed by atoms with Crippen LogP contribution < -0.4 is 4.74 Å². The summed E-state index contributed by atoms with van der Waals surface area (Å²) in [5.41, 5.74) is -0.0938. The molecule has 0 aliphatic carbocycles. The molecular formula is C11H13ClO5PS+. The van der Waals surface area contributed by atoms with Crippen molar-refractivity contribution >= 4 is 35.1 Å². The number of halogens is 1. The molecule has 3 N–H and O–H groups in total. The summed E-state index contributed by atoms with van der Waals surface area (Å²) in [6, 6.07) is 5.40. The molecule has 0 radical (unpaired) electrons. The second-order valence-electron chi connectivity index (χ2n) is 4.28. The van der Waals surface area contributed by atoms with Gasteiger partial charge in [0.05, 0.1) is 13.0 Å². The van der Waals surface area contributed by atoms with Gasteiger partial charge in [-0.05, 0) is 45.8 Å². The third kappa shape index (κ3) is 3.60. The van der Waals surface area contributed by atoms with Crippen LogP contribution in [0.15, 0.2) is 23.1 Å². The third-order valence-electron chi connectivity index (χ3n) is 2.99. The van der Waals surface area contributed by atoms with Gasteiger partial charge in [-0.15, -0.1) is 0 Å². The highest BCUT2D eigenvalue weighted by Crippen LogP contribution is 2.49. The maximum absolute atomic E-state index is 11.5. The topological polar surface area (TPSA) is 87.0 Å². The smallest absolute Gasteiger partial charge is 0.478 e. The van der Waals surface area contributed by atoms with Crippen LogP contribution in [0.5, 0.6) is 5.75 Å². The van der Waals surface area contributed by atoms with Gasteiger partial charge in [0.2, 0.25) is 0 Å². The van der Waals surface area contributed by atoms with Crippen LogP contribution in [0.4, 0.5) is 0 Å². The largest absolute Gasteiger partial charge is 0.493 e. The summed E-state index contributed by atoms with van der Waals surface area (Å²) < 4.78 is 5.50. The molecule has 1 aliphatic heterocycles. The Kier molecular flexibility index (Phi) is 4.71. The number of benzene rings is 1. The molecule has 1 atom stereocenters. The summed E-state index contributed by atoms with van der Waals surface area (Å²) in [6.45, 7) is 0.440. The molecule has 0 bridgehead atoms. The number of carbonyl (C=O) groups is 1. The van der Waals surface area contributed by atoms with Crippen LogP contribution in [0.25, 0.3) is 0 Å². The van der Waals surface area contributed by atoms with Gasteiger partial charge < -0.3 is 4.74 Å². The molecule has 0 fully saturated rings. The lowest BCUT2D eigenvalue weighted by Gasteiger charge is -2.25. The Labute approximate surface area is 119 Å².